The molecule has 1 atom stereocenters. The lowest BCUT2D eigenvalue weighted by Gasteiger charge is -2.14. The van der Waals surface area contributed by atoms with Gasteiger partial charge in [-0.25, -0.2) is 4.57 Å². The molecule has 6 heteroatoms. The first-order valence-electron chi connectivity index (χ1n) is 7.81. The molecule has 0 bridgehead atoms. The fourth-order valence-electron chi connectivity index (χ4n) is 2.06. The molecule has 1 unspecified atom stereocenters. The van der Waals surface area contributed by atoms with Gasteiger partial charge in [0.2, 0.25) is 0 Å². The van der Waals surface area contributed by atoms with Gasteiger partial charge in [-0.15, -0.1) is 0 Å². The lowest BCUT2D eigenvalue weighted by Crippen LogP contribution is -2.12. The highest BCUT2D eigenvalue weighted by molar-refractivity contribution is 7.46. The Hall–Kier alpha value is 0.0700. The van der Waals surface area contributed by atoms with E-state index in [1.807, 2.05) is 0 Å². The lowest BCUT2D eigenvalue weighted by molar-refractivity contribution is -0.0802. The van der Waals surface area contributed by atoms with Crippen LogP contribution in [0.25, 0.3) is 0 Å². The highest BCUT2D eigenvalue weighted by atomic mass is 31.2. The molecule has 20 heavy (non-hydrogen) atoms. The van der Waals surface area contributed by atoms with E-state index in [4.69, 9.17) is 14.5 Å². The van der Waals surface area contributed by atoms with Gasteiger partial charge in [-0.2, -0.15) is 0 Å². The number of phosphoric acid groups is 1. The van der Waals surface area contributed by atoms with Crippen molar-refractivity contribution in [3.05, 3.63) is 0 Å². The summed E-state index contributed by atoms with van der Waals surface area (Å²) in [5.41, 5.74) is 0. The van der Waals surface area contributed by atoms with Crippen molar-refractivity contribution in [2.24, 2.45) is 0 Å². The third-order valence-electron chi connectivity index (χ3n) is 3.14. The standard InChI is InChI=1S/C14H31O5P/c1-3-4-5-6-7-8-9-10-11-12-13-18-14(2)19-20(15,16)17/h14H,3-13H2,1-2H3,(H2,15,16,17). The second kappa shape index (κ2) is 12.8. The quantitative estimate of drug-likeness (QED) is 0.283. The summed E-state index contributed by atoms with van der Waals surface area (Å²) in [5, 5.41) is 0. The Labute approximate surface area is 123 Å². The number of hydrogen-bond donors (Lipinski definition) is 2. The highest BCUT2D eigenvalue weighted by Gasteiger charge is 2.18. The van der Waals surface area contributed by atoms with Gasteiger partial charge < -0.3 is 14.5 Å². The molecule has 0 saturated carbocycles. The van der Waals surface area contributed by atoms with Crippen molar-refractivity contribution < 1.29 is 23.6 Å². The zero-order valence-corrected chi connectivity index (χ0v) is 13.8. The minimum atomic E-state index is -4.43. The fourth-order valence-corrected chi connectivity index (χ4v) is 2.51. The van der Waals surface area contributed by atoms with Crippen molar-refractivity contribution in [3.8, 4) is 0 Å². The van der Waals surface area contributed by atoms with Crippen LogP contribution in [0, 0.1) is 0 Å². The Bertz CT molecular complexity index is 254. The molecule has 122 valence electrons. The number of hydrogen-bond acceptors (Lipinski definition) is 3. The van der Waals surface area contributed by atoms with Crippen LogP contribution in [0.2, 0.25) is 0 Å². The molecule has 0 aromatic rings. The molecule has 0 aliphatic heterocycles. The Morgan fingerprint density at radius 1 is 0.900 bits per heavy atom. The normalized spacial score (nSPS) is 13.6. The summed E-state index contributed by atoms with van der Waals surface area (Å²) in [6.07, 6.45) is 11.6. The van der Waals surface area contributed by atoms with Crippen molar-refractivity contribution >= 4 is 7.82 Å². The van der Waals surface area contributed by atoms with Gasteiger partial charge in [0.15, 0.2) is 6.29 Å². The Kier molecular flexibility index (Phi) is 12.8. The smallest absolute Gasteiger partial charge is 0.352 e. The van der Waals surface area contributed by atoms with Gasteiger partial charge in [-0.3, -0.25) is 4.52 Å². The van der Waals surface area contributed by atoms with Crippen molar-refractivity contribution in [2.75, 3.05) is 6.61 Å². The van der Waals surface area contributed by atoms with Gasteiger partial charge in [-0.05, 0) is 13.3 Å². The summed E-state index contributed by atoms with van der Waals surface area (Å²) in [6.45, 7) is 4.21. The third kappa shape index (κ3) is 16.1. The maximum Gasteiger partial charge on any atom is 0.471 e. The summed E-state index contributed by atoms with van der Waals surface area (Å²) < 4.78 is 20.1. The predicted octanol–water partition coefficient (Wildman–Crippen LogP) is 4.38. The van der Waals surface area contributed by atoms with Crippen molar-refractivity contribution in [1.29, 1.82) is 0 Å². The fraction of sp³-hybridized carbons (Fsp3) is 1.00. The molecule has 0 rings (SSSR count). The largest absolute Gasteiger partial charge is 0.471 e. The summed E-state index contributed by atoms with van der Waals surface area (Å²) in [5.74, 6) is 0. The van der Waals surface area contributed by atoms with Crippen LogP contribution < -0.4 is 0 Å². The van der Waals surface area contributed by atoms with E-state index < -0.39 is 14.1 Å². The van der Waals surface area contributed by atoms with Gasteiger partial charge in [-0.1, -0.05) is 64.7 Å². The van der Waals surface area contributed by atoms with Crippen LogP contribution in [-0.2, 0) is 13.8 Å². The molecule has 2 N–H and O–H groups in total. The second-order valence-electron chi connectivity index (χ2n) is 5.22. The number of unbranched alkanes of at least 4 members (excludes halogenated alkanes) is 9. The molecular weight excluding hydrogens is 279 g/mol. The molecular formula is C14H31O5P. The van der Waals surface area contributed by atoms with Gasteiger partial charge >= 0.3 is 7.82 Å². The maximum absolute atomic E-state index is 10.5. The van der Waals surface area contributed by atoms with Crippen LogP contribution >= 0.6 is 7.82 Å². The molecule has 0 aliphatic rings. The molecule has 0 aromatic carbocycles. The zero-order chi connectivity index (χ0) is 15.3. The topological polar surface area (TPSA) is 76.0 Å². The zero-order valence-electron chi connectivity index (χ0n) is 12.9. The van der Waals surface area contributed by atoms with Gasteiger partial charge in [0, 0.05) is 6.61 Å². The molecule has 0 radical (unpaired) electrons. The monoisotopic (exact) mass is 310 g/mol. The molecule has 0 aliphatic carbocycles. The van der Waals surface area contributed by atoms with E-state index in [9.17, 15) is 4.57 Å². The van der Waals surface area contributed by atoms with Crippen molar-refractivity contribution in [3.63, 3.8) is 0 Å². The van der Waals surface area contributed by atoms with E-state index in [-0.39, 0.29) is 0 Å². The summed E-state index contributed by atoms with van der Waals surface area (Å²) in [6, 6.07) is 0. The molecule has 0 fully saturated rings. The predicted molar refractivity (Wildman–Crippen MR) is 80.4 cm³/mol. The van der Waals surface area contributed by atoms with E-state index in [2.05, 4.69) is 11.4 Å². The molecule has 0 spiro atoms. The van der Waals surface area contributed by atoms with E-state index in [0.717, 1.165) is 12.8 Å². The van der Waals surface area contributed by atoms with E-state index in [1.54, 1.807) is 0 Å². The van der Waals surface area contributed by atoms with E-state index in [1.165, 1.54) is 58.3 Å². The molecule has 5 nitrogen and oxygen atoms in total. The summed E-state index contributed by atoms with van der Waals surface area (Å²) >= 11 is 0. The minimum absolute atomic E-state index is 0.484. The van der Waals surface area contributed by atoms with Gasteiger partial charge in [0.1, 0.15) is 0 Å². The highest BCUT2D eigenvalue weighted by Crippen LogP contribution is 2.37. The van der Waals surface area contributed by atoms with Crippen LogP contribution in [0.5, 0.6) is 0 Å². The Morgan fingerprint density at radius 2 is 1.35 bits per heavy atom. The molecule has 0 amide bonds. The maximum atomic E-state index is 10.5. The first-order valence-corrected chi connectivity index (χ1v) is 9.34. The SMILES string of the molecule is CCCCCCCCCCCCOC(C)OP(=O)(O)O. The lowest BCUT2D eigenvalue weighted by atomic mass is 10.1. The van der Waals surface area contributed by atoms with Crippen molar-refractivity contribution in [2.45, 2.75) is 84.3 Å². The Balaban J connectivity index is 3.19. The summed E-state index contributed by atoms with van der Waals surface area (Å²) in [4.78, 5) is 17.1. The third-order valence-corrected chi connectivity index (χ3v) is 3.71. The van der Waals surface area contributed by atoms with E-state index in [0.29, 0.717) is 6.61 Å². The van der Waals surface area contributed by atoms with Crippen LogP contribution in [0.1, 0.15) is 78.1 Å². The average molecular weight is 310 g/mol. The van der Waals surface area contributed by atoms with Crippen LogP contribution in [0.3, 0.4) is 0 Å². The number of rotatable bonds is 14. The van der Waals surface area contributed by atoms with Crippen molar-refractivity contribution in [1.82, 2.24) is 0 Å². The first-order chi connectivity index (χ1) is 9.45. The number of ether oxygens (including phenoxy) is 1. The molecule has 0 aromatic heterocycles. The van der Waals surface area contributed by atoms with Crippen LogP contribution in [0.4, 0.5) is 0 Å². The molecule has 0 saturated heterocycles. The minimum Gasteiger partial charge on any atom is -0.352 e. The number of phosphoric ester groups is 1. The van der Waals surface area contributed by atoms with Crippen LogP contribution in [-0.4, -0.2) is 22.7 Å². The first kappa shape index (κ1) is 20.1. The average Bonchev–Trinajstić information content (AvgIpc) is 2.34. The Morgan fingerprint density at radius 3 is 1.80 bits per heavy atom. The van der Waals surface area contributed by atoms with E-state index >= 15 is 0 Å². The molecule has 0 heterocycles. The van der Waals surface area contributed by atoms with Crippen LogP contribution in [0.15, 0.2) is 0 Å². The van der Waals surface area contributed by atoms with Gasteiger partial charge in [0.25, 0.3) is 0 Å². The van der Waals surface area contributed by atoms with Gasteiger partial charge in [0.05, 0.1) is 0 Å². The summed E-state index contributed by atoms with van der Waals surface area (Å²) in [7, 11) is -4.43. The second-order valence-corrected chi connectivity index (χ2v) is 6.41.